The first kappa shape index (κ1) is 19.9. The molecule has 0 saturated heterocycles. The molecular formula is C22H24N2O3S. The molecule has 1 amide bonds. The zero-order valence-electron chi connectivity index (χ0n) is 16.4. The van der Waals surface area contributed by atoms with Gasteiger partial charge in [-0.15, -0.1) is 6.58 Å². The first-order chi connectivity index (χ1) is 13.5. The van der Waals surface area contributed by atoms with E-state index in [-0.39, 0.29) is 12.3 Å². The first-order valence-corrected chi connectivity index (χ1v) is 9.95. The molecule has 28 heavy (non-hydrogen) atoms. The van der Waals surface area contributed by atoms with Crippen LogP contribution in [0.3, 0.4) is 0 Å². The van der Waals surface area contributed by atoms with Gasteiger partial charge in [0.1, 0.15) is 11.5 Å². The molecule has 0 bridgehead atoms. The number of benzene rings is 2. The highest BCUT2D eigenvalue weighted by molar-refractivity contribution is 7.16. The monoisotopic (exact) mass is 396 g/mol. The van der Waals surface area contributed by atoms with E-state index in [0.29, 0.717) is 23.7 Å². The molecule has 1 aromatic heterocycles. The second kappa shape index (κ2) is 8.89. The van der Waals surface area contributed by atoms with Gasteiger partial charge in [0.25, 0.3) is 5.91 Å². The number of allylic oxidation sites excluding steroid dienone is 1. The highest BCUT2D eigenvalue weighted by Gasteiger charge is 2.11. The number of carbonyl (C=O) groups excluding carboxylic acids is 1. The fourth-order valence-corrected chi connectivity index (χ4v) is 4.14. The van der Waals surface area contributed by atoms with Crippen LogP contribution in [0.4, 0.5) is 0 Å². The molecule has 1 heterocycles. The normalized spacial score (nSPS) is 11.6. The maximum atomic E-state index is 12.7. The van der Waals surface area contributed by atoms with Crippen molar-refractivity contribution in [2.45, 2.75) is 26.8 Å². The highest BCUT2D eigenvalue weighted by Crippen LogP contribution is 2.24. The van der Waals surface area contributed by atoms with Crippen LogP contribution in [-0.4, -0.2) is 24.2 Å². The van der Waals surface area contributed by atoms with Crippen LogP contribution in [0.1, 0.15) is 18.1 Å². The van der Waals surface area contributed by atoms with Crippen LogP contribution in [0.2, 0.25) is 0 Å². The molecule has 3 rings (SSSR count). The van der Waals surface area contributed by atoms with Crippen molar-refractivity contribution in [1.82, 2.24) is 4.57 Å². The molecule has 0 N–H and O–H groups in total. The van der Waals surface area contributed by atoms with E-state index in [1.165, 1.54) is 11.3 Å². The Kier molecular flexibility index (Phi) is 6.31. The van der Waals surface area contributed by atoms with Crippen molar-refractivity contribution in [2.24, 2.45) is 4.99 Å². The van der Waals surface area contributed by atoms with Gasteiger partial charge in [0.05, 0.1) is 30.4 Å². The molecule has 146 valence electrons. The molecule has 0 radical (unpaired) electrons. The fourth-order valence-electron chi connectivity index (χ4n) is 3.06. The smallest absolute Gasteiger partial charge is 0.252 e. The number of amides is 1. The summed E-state index contributed by atoms with van der Waals surface area (Å²) in [5, 5.41) is 0. The molecule has 5 nitrogen and oxygen atoms in total. The van der Waals surface area contributed by atoms with Crippen LogP contribution in [0.5, 0.6) is 11.5 Å². The largest absolute Gasteiger partial charge is 0.496 e. The van der Waals surface area contributed by atoms with E-state index in [2.05, 4.69) is 11.6 Å². The Morgan fingerprint density at radius 1 is 1.29 bits per heavy atom. The number of aryl methyl sites for hydroxylation is 1. The maximum absolute atomic E-state index is 12.7. The number of thiazole rings is 1. The molecular weight excluding hydrogens is 372 g/mol. The lowest BCUT2D eigenvalue weighted by Gasteiger charge is -2.07. The minimum absolute atomic E-state index is 0.192. The Balaban J connectivity index is 2.00. The number of fused-ring (bicyclic) bond motifs is 1. The molecule has 0 spiro atoms. The van der Waals surface area contributed by atoms with Crippen molar-refractivity contribution < 1.29 is 14.3 Å². The van der Waals surface area contributed by atoms with Gasteiger partial charge in [-0.05, 0) is 38.1 Å². The lowest BCUT2D eigenvalue weighted by atomic mass is 10.1. The van der Waals surface area contributed by atoms with E-state index >= 15 is 0 Å². The van der Waals surface area contributed by atoms with Crippen LogP contribution in [-0.2, 0) is 17.8 Å². The van der Waals surface area contributed by atoms with E-state index in [1.54, 1.807) is 13.2 Å². The lowest BCUT2D eigenvalue weighted by molar-refractivity contribution is -0.117. The van der Waals surface area contributed by atoms with Crippen molar-refractivity contribution in [1.29, 1.82) is 0 Å². The number of hydrogen-bond acceptors (Lipinski definition) is 4. The van der Waals surface area contributed by atoms with Crippen LogP contribution >= 0.6 is 11.3 Å². The summed E-state index contributed by atoms with van der Waals surface area (Å²) < 4.78 is 14.0. The Morgan fingerprint density at radius 3 is 2.82 bits per heavy atom. The van der Waals surface area contributed by atoms with Crippen LogP contribution in [0.25, 0.3) is 10.2 Å². The van der Waals surface area contributed by atoms with Crippen molar-refractivity contribution in [3.63, 3.8) is 0 Å². The number of aromatic nitrogens is 1. The van der Waals surface area contributed by atoms with Gasteiger partial charge in [-0.2, -0.15) is 4.99 Å². The minimum atomic E-state index is -0.210. The lowest BCUT2D eigenvalue weighted by Crippen LogP contribution is -2.17. The summed E-state index contributed by atoms with van der Waals surface area (Å²) >= 11 is 1.47. The Morgan fingerprint density at radius 2 is 2.11 bits per heavy atom. The molecule has 3 aromatic rings. The number of hydrogen-bond donors (Lipinski definition) is 0. The Bertz CT molecular complexity index is 1080. The summed E-state index contributed by atoms with van der Waals surface area (Å²) in [6.07, 6.45) is 1.99. The van der Waals surface area contributed by atoms with Gasteiger partial charge >= 0.3 is 0 Å². The third kappa shape index (κ3) is 4.34. The minimum Gasteiger partial charge on any atom is -0.496 e. The molecule has 6 heteroatoms. The molecule has 0 aliphatic heterocycles. The maximum Gasteiger partial charge on any atom is 0.252 e. The first-order valence-electron chi connectivity index (χ1n) is 9.13. The quantitative estimate of drug-likeness (QED) is 0.560. The van der Waals surface area contributed by atoms with Crippen LogP contribution in [0.15, 0.2) is 54.0 Å². The van der Waals surface area contributed by atoms with Crippen molar-refractivity contribution in [2.75, 3.05) is 13.7 Å². The third-order valence-corrected chi connectivity index (χ3v) is 5.32. The van der Waals surface area contributed by atoms with E-state index in [1.807, 2.05) is 54.8 Å². The third-order valence-electron chi connectivity index (χ3n) is 4.27. The van der Waals surface area contributed by atoms with Crippen molar-refractivity contribution in [3.05, 3.63) is 65.0 Å². The van der Waals surface area contributed by atoms with Crippen LogP contribution < -0.4 is 14.3 Å². The van der Waals surface area contributed by atoms with Crippen molar-refractivity contribution >= 4 is 27.5 Å². The summed E-state index contributed by atoms with van der Waals surface area (Å²) in [4.78, 5) is 17.7. The SMILES string of the molecule is C=CCn1c(=NC(=O)Cc2cc(C)ccc2OC)sc2cc(OCC)ccc21. The molecule has 0 saturated carbocycles. The van der Waals surface area contributed by atoms with E-state index in [0.717, 1.165) is 27.1 Å². The predicted octanol–water partition coefficient (Wildman–Crippen LogP) is 4.27. The van der Waals surface area contributed by atoms with Crippen LogP contribution in [0, 0.1) is 6.92 Å². The fraction of sp³-hybridized carbons (Fsp3) is 0.273. The average molecular weight is 397 g/mol. The van der Waals surface area contributed by atoms with Gasteiger partial charge in [0.2, 0.25) is 0 Å². The Labute approximate surface area is 168 Å². The zero-order chi connectivity index (χ0) is 20.1. The molecule has 0 fully saturated rings. The second-order valence-corrected chi connectivity index (χ2v) is 7.35. The van der Waals surface area contributed by atoms with Gasteiger partial charge in [0, 0.05) is 12.1 Å². The highest BCUT2D eigenvalue weighted by atomic mass is 32.1. The predicted molar refractivity (Wildman–Crippen MR) is 113 cm³/mol. The van der Waals surface area contributed by atoms with Gasteiger partial charge in [-0.25, -0.2) is 0 Å². The van der Waals surface area contributed by atoms with Crippen molar-refractivity contribution in [3.8, 4) is 11.5 Å². The number of rotatable bonds is 7. The molecule has 0 aliphatic carbocycles. The molecule has 0 aliphatic rings. The molecule has 0 atom stereocenters. The summed E-state index contributed by atoms with van der Waals surface area (Å²) in [6, 6.07) is 11.7. The standard InChI is InChI=1S/C22H24N2O3S/c1-5-11-24-18-9-8-17(27-6-2)14-20(18)28-22(24)23-21(25)13-16-12-15(3)7-10-19(16)26-4/h5,7-10,12,14H,1,6,11,13H2,2-4H3. The second-order valence-electron chi connectivity index (χ2n) is 6.34. The molecule has 2 aromatic carbocycles. The topological polar surface area (TPSA) is 52.8 Å². The summed E-state index contributed by atoms with van der Waals surface area (Å²) in [5.74, 6) is 1.30. The number of ether oxygens (including phenoxy) is 2. The van der Waals surface area contributed by atoms with Gasteiger partial charge < -0.3 is 14.0 Å². The number of methoxy groups -OCH3 is 1. The van der Waals surface area contributed by atoms with E-state index < -0.39 is 0 Å². The van der Waals surface area contributed by atoms with Gasteiger partial charge in [-0.3, -0.25) is 4.79 Å². The van der Waals surface area contributed by atoms with E-state index in [4.69, 9.17) is 9.47 Å². The molecule has 0 unspecified atom stereocenters. The number of nitrogens with zero attached hydrogens (tertiary/aromatic N) is 2. The Hall–Kier alpha value is -2.86. The number of carbonyl (C=O) groups is 1. The summed E-state index contributed by atoms with van der Waals surface area (Å²) in [6.45, 7) is 8.96. The average Bonchev–Trinajstić information content (AvgIpc) is 2.99. The van der Waals surface area contributed by atoms with Gasteiger partial charge in [-0.1, -0.05) is 35.1 Å². The van der Waals surface area contributed by atoms with Gasteiger partial charge in [0.15, 0.2) is 4.80 Å². The summed E-state index contributed by atoms with van der Waals surface area (Å²) in [5.41, 5.74) is 2.93. The summed E-state index contributed by atoms with van der Waals surface area (Å²) in [7, 11) is 1.61. The van der Waals surface area contributed by atoms with E-state index in [9.17, 15) is 4.79 Å². The zero-order valence-corrected chi connectivity index (χ0v) is 17.2.